The van der Waals surface area contributed by atoms with Gasteiger partial charge in [0.15, 0.2) is 0 Å². The van der Waals surface area contributed by atoms with E-state index in [0.717, 1.165) is 14.7 Å². The first-order valence-corrected chi connectivity index (χ1v) is 6.79. The third-order valence-corrected chi connectivity index (χ3v) is 3.11. The second kappa shape index (κ2) is 5.67. The zero-order valence-electron chi connectivity index (χ0n) is 9.54. The van der Waals surface area contributed by atoms with E-state index in [0.29, 0.717) is 11.5 Å². The zero-order chi connectivity index (χ0) is 13.1. The molecular weight excluding hydrogens is 364 g/mol. The highest BCUT2D eigenvalue weighted by Gasteiger charge is 2.09. The smallest absolute Gasteiger partial charge is 0.251 e. The number of aromatic nitrogens is 1. The Kier molecular flexibility index (Phi) is 4.19. The summed E-state index contributed by atoms with van der Waals surface area (Å²) < 4.78 is 6.96. The number of hydrogen-bond donors (Lipinski definition) is 1. The third kappa shape index (κ3) is 3.43. The summed E-state index contributed by atoms with van der Waals surface area (Å²) in [6.07, 6.45) is 1.62. The van der Waals surface area contributed by atoms with Gasteiger partial charge >= 0.3 is 0 Å². The molecular formula is C12H10Br2N2O2. The minimum atomic E-state index is -0.173. The standard InChI is InChI=1S/C12H10Br2N2O2/c1-7-5-15-11(18-7)6-16-12(17)8-2-9(13)4-10(14)3-8/h2-5H,6H2,1H3,(H,16,17). The molecule has 0 bridgehead atoms. The molecule has 0 aliphatic rings. The van der Waals surface area contributed by atoms with Gasteiger partial charge in [0.2, 0.25) is 5.89 Å². The fourth-order valence-electron chi connectivity index (χ4n) is 1.43. The van der Waals surface area contributed by atoms with Crippen molar-refractivity contribution in [3.8, 4) is 0 Å². The van der Waals surface area contributed by atoms with Crippen LogP contribution in [0, 0.1) is 6.92 Å². The number of nitrogens with one attached hydrogen (secondary N) is 1. The van der Waals surface area contributed by atoms with Crippen molar-refractivity contribution in [2.24, 2.45) is 0 Å². The number of benzene rings is 1. The molecule has 0 saturated heterocycles. The lowest BCUT2D eigenvalue weighted by molar-refractivity contribution is 0.0947. The number of amides is 1. The molecule has 94 valence electrons. The highest BCUT2D eigenvalue weighted by molar-refractivity contribution is 9.11. The van der Waals surface area contributed by atoms with Crippen LogP contribution in [-0.4, -0.2) is 10.9 Å². The van der Waals surface area contributed by atoms with Gasteiger partial charge < -0.3 is 9.73 Å². The molecule has 0 aliphatic heterocycles. The normalized spacial score (nSPS) is 10.4. The van der Waals surface area contributed by atoms with E-state index in [1.807, 2.05) is 13.0 Å². The lowest BCUT2D eigenvalue weighted by atomic mass is 10.2. The number of aryl methyl sites for hydroxylation is 1. The van der Waals surface area contributed by atoms with Gasteiger partial charge in [0.25, 0.3) is 5.91 Å². The van der Waals surface area contributed by atoms with Gasteiger partial charge in [0.1, 0.15) is 5.76 Å². The lowest BCUT2D eigenvalue weighted by Gasteiger charge is -2.04. The van der Waals surface area contributed by atoms with Gasteiger partial charge in [0.05, 0.1) is 12.7 Å². The van der Waals surface area contributed by atoms with Gasteiger partial charge in [0, 0.05) is 14.5 Å². The Morgan fingerprint density at radius 2 is 2.00 bits per heavy atom. The van der Waals surface area contributed by atoms with Crippen LogP contribution in [0.25, 0.3) is 0 Å². The van der Waals surface area contributed by atoms with Crippen molar-refractivity contribution in [3.05, 3.63) is 50.6 Å². The summed E-state index contributed by atoms with van der Waals surface area (Å²) in [7, 11) is 0. The van der Waals surface area contributed by atoms with E-state index < -0.39 is 0 Å². The third-order valence-electron chi connectivity index (χ3n) is 2.19. The number of carbonyl (C=O) groups is 1. The molecule has 0 unspecified atom stereocenters. The van der Waals surface area contributed by atoms with Crippen LogP contribution in [0.3, 0.4) is 0 Å². The summed E-state index contributed by atoms with van der Waals surface area (Å²) >= 11 is 6.68. The Morgan fingerprint density at radius 1 is 1.33 bits per heavy atom. The van der Waals surface area contributed by atoms with Gasteiger partial charge in [-0.05, 0) is 25.1 Å². The Morgan fingerprint density at radius 3 is 2.56 bits per heavy atom. The summed E-state index contributed by atoms with van der Waals surface area (Å²) in [5.41, 5.74) is 0.569. The fraction of sp³-hybridized carbons (Fsp3) is 0.167. The van der Waals surface area contributed by atoms with Crippen LogP contribution in [0.5, 0.6) is 0 Å². The van der Waals surface area contributed by atoms with Crippen molar-refractivity contribution >= 4 is 37.8 Å². The Labute approximate surface area is 121 Å². The van der Waals surface area contributed by atoms with Crippen LogP contribution >= 0.6 is 31.9 Å². The maximum atomic E-state index is 11.9. The minimum Gasteiger partial charge on any atom is -0.444 e. The average molecular weight is 374 g/mol. The average Bonchev–Trinajstić information content (AvgIpc) is 2.70. The molecule has 1 N–H and O–H groups in total. The Hall–Kier alpha value is -1.14. The number of hydrogen-bond acceptors (Lipinski definition) is 3. The molecule has 0 radical (unpaired) electrons. The predicted octanol–water partition coefficient (Wildman–Crippen LogP) is 3.44. The van der Waals surface area contributed by atoms with E-state index >= 15 is 0 Å². The first-order valence-electron chi connectivity index (χ1n) is 5.20. The molecule has 0 spiro atoms. The Balaban J connectivity index is 2.03. The maximum Gasteiger partial charge on any atom is 0.251 e. The van der Waals surface area contributed by atoms with E-state index in [4.69, 9.17) is 4.42 Å². The molecule has 0 aliphatic carbocycles. The fourth-order valence-corrected chi connectivity index (χ4v) is 2.72. The number of halogens is 2. The van der Waals surface area contributed by atoms with Crippen molar-refractivity contribution in [2.45, 2.75) is 13.5 Å². The van der Waals surface area contributed by atoms with Gasteiger partial charge in [-0.3, -0.25) is 4.79 Å². The molecule has 1 amide bonds. The van der Waals surface area contributed by atoms with Crippen molar-refractivity contribution in [1.82, 2.24) is 10.3 Å². The topological polar surface area (TPSA) is 55.1 Å². The largest absolute Gasteiger partial charge is 0.444 e. The quantitative estimate of drug-likeness (QED) is 0.896. The van der Waals surface area contributed by atoms with Crippen LogP contribution < -0.4 is 5.32 Å². The van der Waals surface area contributed by atoms with Crippen LogP contribution in [0.15, 0.2) is 37.8 Å². The molecule has 6 heteroatoms. The van der Waals surface area contributed by atoms with Crippen LogP contribution in [-0.2, 0) is 6.54 Å². The van der Waals surface area contributed by atoms with Gasteiger partial charge in [-0.15, -0.1) is 0 Å². The van der Waals surface area contributed by atoms with E-state index in [2.05, 4.69) is 42.2 Å². The molecule has 0 atom stereocenters. The van der Waals surface area contributed by atoms with Crippen molar-refractivity contribution in [3.63, 3.8) is 0 Å². The highest BCUT2D eigenvalue weighted by atomic mass is 79.9. The highest BCUT2D eigenvalue weighted by Crippen LogP contribution is 2.20. The second-order valence-electron chi connectivity index (χ2n) is 3.71. The molecule has 18 heavy (non-hydrogen) atoms. The molecule has 2 aromatic rings. The number of nitrogens with zero attached hydrogens (tertiary/aromatic N) is 1. The molecule has 1 aromatic heterocycles. The summed E-state index contributed by atoms with van der Waals surface area (Å²) in [4.78, 5) is 15.9. The summed E-state index contributed by atoms with van der Waals surface area (Å²) in [5.74, 6) is 1.05. The van der Waals surface area contributed by atoms with E-state index in [1.54, 1.807) is 18.3 Å². The van der Waals surface area contributed by atoms with Gasteiger partial charge in [-0.1, -0.05) is 31.9 Å². The van der Waals surface area contributed by atoms with E-state index in [9.17, 15) is 4.79 Å². The lowest BCUT2D eigenvalue weighted by Crippen LogP contribution is -2.22. The van der Waals surface area contributed by atoms with Gasteiger partial charge in [-0.25, -0.2) is 4.98 Å². The van der Waals surface area contributed by atoms with E-state index in [-0.39, 0.29) is 12.5 Å². The first-order chi connectivity index (χ1) is 8.54. The predicted molar refractivity (Wildman–Crippen MR) is 74.3 cm³/mol. The monoisotopic (exact) mass is 372 g/mol. The number of rotatable bonds is 3. The molecule has 1 heterocycles. The molecule has 4 nitrogen and oxygen atoms in total. The van der Waals surface area contributed by atoms with Crippen LogP contribution in [0.4, 0.5) is 0 Å². The molecule has 0 fully saturated rings. The number of carbonyl (C=O) groups excluding carboxylic acids is 1. The van der Waals surface area contributed by atoms with Crippen molar-refractivity contribution < 1.29 is 9.21 Å². The van der Waals surface area contributed by atoms with E-state index in [1.165, 1.54) is 0 Å². The minimum absolute atomic E-state index is 0.173. The van der Waals surface area contributed by atoms with Crippen molar-refractivity contribution in [2.75, 3.05) is 0 Å². The zero-order valence-corrected chi connectivity index (χ0v) is 12.7. The number of oxazole rings is 1. The van der Waals surface area contributed by atoms with Gasteiger partial charge in [-0.2, -0.15) is 0 Å². The van der Waals surface area contributed by atoms with Crippen LogP contribution in [0.1, 0.15) is 22.0 Å². The SMILES string of the molecule is Cc1cnc(CNC(=O)c2cc(Br)cc(Br)c2)o1. The van der Waals surface area contributed by atoms with Crippen molar-refractivity contribution in [1.29, 1.82) is 0 Å². The molecule has 1 aromatic carbocycles. The van der Waals surface area contributed by atoms with Crippen LogP contribution in [0.2, 0.25) is 0 Å². The summed E-state index contributed by atoms with van der Waals surface area (Å²) in [6, 6.07) is 5.37. The second-order valence-corrected chi connectivity index (χ2v) is 5.54. The molecule has 0 saturated carbocycles. The maximum absolute atomic E-state index is 11.9. The molecule has 2 rings (SSSR count). The summed E-state index contributed by atoms with van der Waals surface area (Å²) in [5, 5.41) is 2.75. The Bertz CT molecular complexity index is 561. The summed E-state index contributed by atoms with van der Waals surface area (Å²) in [6.45, 7) is 2.08. The first kappa shape index (κ1) is 13.3.